The molecule has 0 aliphatic rings. The van der Waals surface area contributed by atoms with E-state index < -0.39 is 0 Å². The van der Waals surface area contributed by atoms with E-state index in [1.807, 2.05) is 84.9 Å². The molecule has 1 N–H and O–H groups in total. The molecule has 4 aromatic carbocycles. The molecule has 36 heavy (non-hydrogen) atoms. The van der Waals surface area contributed by atoms with Gasteiger partial charge >= 0.3 is 0 Å². The van der Waals surface area contributed by atoms with Crippen LogP contribution in [0, 0.1) is 0 Å². The van der Waals surface area contributed by atoms with E-state index in [0.717, 1.165) is 22.6 Å². The van der Waals surface area contributed by atoms with Crippen LogP contribution in [-0.2, 0) is 10.2 Å². The predicted molar refractivity (Wildman–Crippen MR) is 147 cm³/mol. The molecule has 0 unspecified atom stereocenters. The van der Waals surface area contributed by atoms with Gasteiger partial charge < -0.3 is 9.64 Å². The Morgan fingerprint density at radius 1 is 0.778 bits per heavy atom. The zero-order chi connectivity index (χ0) is 25.4. The molecule has 0 saturated heterocycles. The fraction of sp³-hybridized carbons (Fsp3) is 0.161. The topological polar surface area (TPSA) is 53.9 Å². The Bertz CT molecular complexity index is 1240. The smallest absolute Gasteiger partial charge is 0.277 e. The molecule has 4 aromatic rings. The zero-order valence-electron chi connectivity index (χ0n) is 20.9. The van der Waals surface area contributed by atoms with Crippen molar-refractivity contribution >= 4 is 29.2 Å². The molecule has 0 fully saturated rings. The van der Waals surface area contributed by atoms with Gasteiger partial charge in [0.1, 0.15) is 5.75 Å². The van der Waals surface area contributed by atoms with Crippen LogP contribution in [0.15, 0.2) is 114 Å². The third-order valence-corrected chi connectivity index (χ3v) is 5.67. The molecule has 0 heterocycles. The summed E-state index contributed by atoms with van der Waals surface area (Å²) in [4.78, 5) is 14.3. The molecule has 5 heteroatoms. The fourth-order valence-electron chi connectivity index (χ4n) is 3.72. The average Bonchev–Trinajstić information content (AvgIpc) is 2.89. The summed E-state index contributed by atoms with van der Waals surface area (Å²) in [6.07, 6.45) is 1.62. The highest BCUT2D eigenvalue weighted by Crippen LogP contribution is 2.33. The SMILES string of the molecule is CC(C)(C)c1ccc(OCC(=O)N/N=C\c2ccc(N(c3ccccc3)c3ccccc3)cc2)cc1. The van der Waals surface area contributed by atoms with Gasteiger partial charge in [-0.15, -0.1) is 0 Å². The van der Waals surface area contributed by atoms with Crippen molar-refractivity contribution in [3.8, 4) is 5.75 Å². The van der Waals surface area contributed by atoms with Gasteiger partial charge in [0.2, 0.25) is 0 Å². The summed E-state index contributed by atoms with van der Waals surface area (Å²) in [6.45, 7) is 6.37. The van der Waals surface area contributed by atoms with Crippen LogP contribution < -0.4 is 15.1 Å². The van der Waals surface area contributed by atoms with Crippen LogP contribution in [0.4, 0.5) is 17.1 Å². The highest BCUT2D eigenvalue weighted by atomic mass is 16.5. The average molecular weight is 478 g/mol. The number of ether oxygens (including phenoxy) is 1. The van der Waals surface area contributed by atoms with E-state index in [1.54, 1.807) is 6.21 Å². The molecule has 0 spiro atoms. The number of anilines is 3. The first-order valence-corrected chi connectivity index (χ1v) is 12.0. The Morgan fingerprint density at radius 3 is 1.83 bits per heavy atom. The molecule has 0 radical (unpaired) electrons. The van der Waals surface area contributed by atoms with Crippen LogP contribution in [0.3, 0.4) is 0 Å². The van der Waals surface area contributed by atoms with Crippen LogP contribution in [0.5, 0.6) is 5.75 Å². The van der Waals surface area contributed by atoms with Crippen molar-refractivity contribution in [1.82, 2.24) is 5.43 Å². The van der Waals surface area contributed by atoms with Gasteiger partial charge in [-0.2, -0.15) is 5.10 Å². The Hall–Kier alpha value is -4.38. The van der Waals surface area contributed by atoms with E-state index >= 15 is 0 Å². The third-order valence-electron chi connectivity index (χ3n) is 5.67. The van der Waals surface area contributed by atoms with Gasteiger partial charge in [-0.25, -0.2) is 5.43 Å². The Kier molecular flexibility index (Phi) is 7.81. The van der Waals surface area contributed by atoms with Crippen LogP contribution >= 0.6 is 0 Å². The summed E-state index contributed by atoms with van der Waals surface area (Å²) in [6, 6.07) is 36.3. The molecule has 1 amide bonds. The molecule has 0 aromatic heterocycles. The van der Waals surface area contributed by atoms with Gasteiger partial charge in [0.25, 0.3) is 5.91 Å². The minimum Gasteiger partial charge on any atom is -0.484 e. The van der Waals surface area contributed by atoms with Crippen LogP contribution in [0.25, 0.3) is 0 Å². The lowest BCUT2D eigenvalue weighted by molar-refractivity contribution is -0.123. The van der Waals surface area contributed by atoms with Gasteiger partial charge in [-0.05, 0) is 65.1 Å². The van der Waals surface area contributed by atoms with Crippen LogP contribution in [-0.4, -0.2) is 18.7 Å². The van der Waals surface area contributed by atoms with Crippen molar-refractivity contribution in [3.63, 3.8) is 0 Å². The summed E-state index contributed by atoms with van der Waals surface area (Å²) < 4.78 is 5.57. The lowest BCUT2D eigenvalue weighted by Crippen LogP contribution is -2.24. The van der Waals surface area contributed by atoms with Crippen molar-refractivity contribution in [3.05, 3.63) is 120 Å². The van der Waals surface area contributed by atoms with Crippen molar-refractivity contribution < 1.29 is 9.53 Å². The zero-order valence-corrected chi connectivity index (χ0v) is 20.9. The van der Waals surface area contributed by atoms with Crippen molar-refractivity contribution in [2.24, 2.45) is 5.10 Å². The second-order valence-corrected chi connectivity index (χ2v) is 9.45. The summed E-state index contributed by atoms with van der Waals surface area (Å²) in [7, 11) is 0. The second-order valence-electron chi connectivity index (χ2n) is 9.45. The number of amides is 1. The van der Waals surface area contributed by atoms with Crippen molar-refractivity contribution in [2.75, 3.05) is 11.5 Å². The number of carbonyl (C=O) groups is 1. The van der Waals surface area contributed by atoms with Crippen LogP contribution in [0.1, 0.15) is 31.9 Å². The normalized spacial score (nSPS) is 11.3. The fourth-order valence-corrected chi connectivity index (χ4v) is 3.72. The monoisotopic (exact) mass is 477 g/mol. The molecular weight excluding hydrogens is 446 g/mol. The van der Waals surface area contributed by atoms with E-state index in [0.29, 0.717) is 5.75 Å². The highest BCUT2D eigenvalue weighted by molar-refractivity contribution is 5.84. The molecule has 182 valence electrons. The maximum Gasteiger partial charge on any atom is 0.277 e. The number of hydrazone groups is 1. The number of hydrogen-bond donors (Lipinski definition) is 1. The molecule has 0 atom stereocenters. The largest absolute Gasteiger partial charge is 0.484 e. The molecule has 0 saturated carbocycles. The summed E-state index contributed by atoms with van der Waals surface area (Å²) in [5.74, 6) is 0.334. The number of nitrogens with one attached hydrogen (secondary N) is 1. The first kappa shape index (κ1) is 24.7. The molecular formula is C31H31N3O2. The predicted octanol–water partition coefficient (Wildman–Crippen LogP) is 6.98. The maximum absolute atomic E-state index is 12.1. The highest BCUT2D eigenvalue weighted by Gasteiger charge is 2.13. The van der Waals surface area contributed by atoms with Crippen molar-refractivity contribution in [2.45, 2.75) is 26.2 Å². The van der Waals surface area contributed by atoms with Crippen molar-refractivity contribution in [1.29, 1.82) is 0 Å². The van der Waals surface area contributed by atoms with E-state index in [1.165, 1.54) is 5.56 Å². The van der Waals surface area contributed by atoms with E-state index in [4.69, 9.17) is 4.74 Å². The summed E-state index contributed by atoms with van der Waals surface area (Å²) in [5.41, 5.74) is 7.86. The van der Waals surface area contributed by atoms with Gasteiger partial charge in [0.05, 0.1) is 6.21 Å². The Balaban J connectivity index is 1.35. The molecule has 4 rings (SSSR count). The minimum atomic E-state index is -0.318. The lowest BCUT2D eigenvalue weighted by Gasteiger charge is -2.25. The minimum absolute atomic E-state index is 0.0736. The van der Waals surface area contributed by atoms with Crippen LogP contribution in [0.2, 0.25) is 0 Å². The molecule has 0 aliphatic carbocycles. The number of para-hydroxylation sites is 2. The van der Waals surface area contributed by atoms with Gasteiger partial charge in [0, 0.05) is 17.1 Å². The lowest BCUT2D eigenvalue weighted by atomic mass is 9.87. The summed E-state index contributed by atoms with van der Waals surface area (Å²) >= 11 is 0. The van der Waals surface area contributed by atoms with E-state index in [2.05, 4.69) is 60.5 Å². The van der Waals surface area contributed by atoms with Gasteiger partial charge in [-0.3, -0.25) is 4.79 Å². The third kappa shape index (κ3) is 6.60. The van der Waals surface area contributed by atoms with E-state index in [9.17, 15) is 4.79 Å². The number of rotatable bonds is 8. The number of hydrogen-bond acceptors (Lipinski definition) is 4. The first-order valence-electron chi connectivity index (χ1n) is 12.0. The first-order chi connectivity index (χ1) is 17.4. The number of benzene rings is 4. The maximum atomic E-state index is 12.1. The quantitative estimate of drug-likeness (QED) is 0.220. The Morgan fingerprint density at radius 2 is 1.31 bits per heavy atom. The number of nitrogens with zero attached hydrogens (tertiary/aromatic N) is 2. The van der Waals surface area contributed by atoms with Gasteiger partial charge in [0.15, 0.2) is 6.61 Å². The standard InChI is InChI=1S/C31H31N3O2/c1-31(2,3)25-16-20-29(21-17-25)36-23-30(35)33-32-22-24-14-18-28(19-15-24)34(26-10-6-4-7-11-26)27-12-8-5-9-13-27/h4-22H,23H2,1-3H3,(H,33,35)/b32-22-. The van der Waals surface area contributed by atoms with E-state index in [-0.39, 0.29) is 17.9 Å². The van der Waals surface area contributed by atoms with Gasteiger partial charge in [-0.1, -0.05) is 81.4 Å². The molecule has 5 nitrogen and oxygen atoms in total. The Labute approximate surface area is 213 Å². The second kappa shape index (κ2) is 11.4. The summed E-state index contributed by atoms with van der Waals surface area (Å²) in [5, 5.41) is 4.07. The number of carbonyl (C=O) groups excluding carboxylic acids is 1. The molecule has 0 bridgehead atoms. The molecule has 0 aliphatic heterocycles.